The van der Waals surface area contributed by atoms with Gasteiger partial charge < -0.3 is 10.2 Å². The minimum atomic E-state index is -0.802. The average molecular weight is 333 g/mol. The molecule has 0 aliphatic carbocycles. The number of benzene rings is 2. The summed E-state index contributed by atoms with van der Waals surface area (Å²) in [4.78, 5) is 24.1. The molecule has 0 saturated carbocycles. The van der Waals surface area contributed by atoms with Gasteiger partial charge in [-0.25, -0.2) is 5.01 Å². The molecule has 2 aromatic carbocycles. The quantitative estimate of drug-likeness (QED) is 0.592. The monoisotopic (exact) mass is 332 g/mol. The molecule has 0 aromatic heterocycles. The van der Waals surface area contributed by atoms with Crippen molar-refractivity contribution in [1.29, 1.82) is 0 Å². The molecule has 1 saturated heterocycles. The zero-order valence-corrected chi connectivity index (χ0v) is 12.6. The van der Waals surface area contributed by atoms with E-state index >= 15 is 0 Å². The number of nitrogens with one attached hydrogen (secondary N) is 1. The number of phenolic OH excluding ortho intramolecular Hbond substituents is 2. The molecule has 0 bridgehead atoms. The predicted octanol–water partition coefficient (Wildman–Crippen LogP) is 1.93. The molecule has 1 fully saturated rings. The van der Waals surface area contributed by atoms with Gasteiger partial charge in [-0.05, 0) is 29.8 Å². The lowest BCUT2D eigenvalue weighted by atomic mass is 9.95. The lowest BCUT2D eigenvalue weighted by Crippen LogP contribution is -2.63. The minimum absolute atomic E-state index is 0.0581. The molecular formula is C16H13ClN2O4. The molecule has 3 rings (SSSR count). The van der Waals surface area contributed by atoms with E-state index in [1.165, 1.54) is 24.3 Å². The number of alkyl halides is 1. The van der Waals surface area contributed by atoms with Gasteiger partial charge in [0.25, 0.3) is 11.8 Å². The van der Waals surface area contributed by atoms with Gasteiger partial charge in [-0.2, -0.15) is 0 Å². The first-order valence-corrected chi connectivity index (χ1v) is 7.27. The summed E-state index contributed by atoms with van der Waals surface area (Å²) in [5.41, 5.74) is 3.19. The number of rotatable bonds is 3. The largest absolute Gasteiger partial charge is 0.508 e. The Bertz CT molecular complexity index is 763. The van der Waals surface area contributed by atoms with Crippen molar-refractivity contribution >= 4 is 23.4 Å². The number of phenols is 2. The van der Waals surface area contributed by atoms with Gasteiger partial charge >= 0.3 is 0 Å². The van der Waals surface area contributed by atoms with Crippen LogP contribution in [0.15, 0.2) is 48.5 Å². The summed E-state index contributed by atoms with van der Waals surface area (Å²) < 4.78 is 0. The maximum Gasteiger partial charge on any atom is 0.273 e. The van der Waals surface area contributed by atoms with Crippen molar-refractivity contribution in [2.75, 3.05) is 0 Å². The summed E-state index contributed by atoms with van der Waals surface area (Å²) in [6.45, 7) is 0. The average Bonchev–Trinajstić information content (AvgIpc) is 2.56. The summed E-state index contributed by atoms with van der Waals surface area (Å²) >= 11 is 6.04. The number of nitrogens with zero attached hydrogens (tertiary/aromatic N) is 1. The van der Waals surface area contributed by atoms with Crippen molar-refractivity contribution in [3.63, 3.8) is 0 Å². The fourth-order valence-corrected chi connectivity index (χ4v) is 2.77. The van der Waals surface area contributed by atoms with Crippen LogP contribution in [0.4, 0.5) is 0 Å². The third-order valence-electron chi connectivity index (χ3n) is 3.63. The van der Waals surface area contributed by atoms with Gasteiger partial charge in [0, 0.05) is 0 Å². The van der Waals surface area contributed by atoms with Gasteiger partial charge in [-0.3, -0.25) is 15.0 Å². The lowest BCUT2D eigenvalue weighted by Gasteiger charge is -2.43. The van der Waals surface area contributed by atoms with E-state index in [0.29, 0.717) is 5.56 Å². The highest BCUT2D eigenvalue weighted by atomic mass is 35.5. The number of halogens is 1. The summed E-state index contributed by atoms with van der Waals surface area (Å²) in [7, 11) is 0. The number of hydrogen-bond acceptors (Lipinski definition) is 4. The highest BCUT2D eigenvalue weighted by molar-refractivity contribution is 6.33. The highest BCUT2D eigenvalue weighted by Crippen LogP contribution is 2.37. The fourth-order valence-electron chi connectivity index (χ4n) is 2.40. The van der Waals surface area contributed by atoms with Crippen molar-refractivity contribution in [3.8, 4) is 11.5 Å². The summed E-state index contributed by atoms with van der Waals surface area (Å²) in [5, 5.41) is 19.3. The van der Waals surface area contributed by atoms with E-state index in [4.69, 9.17) is 11.6 Å². The fraction of sp³-hybridized carbons (Fsp3) is 0.125. The van der Waals surface area contributed by atoms with Crippen LogP contribution in [-0.2, 0) is 4.79 Å². The van der Waals surface area contributed by atoms with Gasteiger partial charge in [0.1, 0.15) is 22.9 Å². The van der Waals surface area contributed by atoms with Crippen molar-refractivity contribution in [3.05, 3.63) is 59.7 Å². The van der Waals surface area contributed by atoms with Gasteiger partial charge in [0.05, 0.1) is 5.56 Å². The zero-order valence-electron chi connectivity index (χ0n) is 11.8. The number of hydrogen-bond donors (Lipinski definition) is 3. The molecular weight excluding hydrogens is 320 g/mol. The Balaban J connectivity index is 1.81. The van der Waals surface area contributed by atoms with E-state index in [2.05, 4.69) is 5.43 Å². The zero-order chi connectivity index (χ0) is 16.6. The second-order valence-corrected chi connectivity index (χ2v) is 5.57. The molecule has 3 N–H and O–H groups in total. The van der Waals surface area contributed by atoms with E-state index in [9.17, 15) is 19.8 Å². The molecule has 1 heterocycles. The van der Waals surface area contributed by atoms with Gasteiger partial charge in [0.15, 0.2) is 0 Å². The molecule has 2 atom stereocenters. The Hall–Kier alpha value is -2.73. The molecule has 6 nitrogen and oxygen atoms in total. The van der Waals surface area contributed by atoms with Crippen LogP contribution in [0.5, 0.6) is 11.5 Å². The van der Waals surface area contributed by atoms with Gasteiger partial charge in [-0.15, -0.1) is 11.6 Å². The van der Waals surface area contributed by atoms with Crippen LogP contribution in [0.1, 0.15) is 22.0 Å². The van der Waals surface area contributed by atoms with Crippen LogP contribution in [-0.4, -0.2) is 32.4 Å². The van der Waals surface area contributed by atoms with Crippen molar-refractivity contribution in [2.24, 2.45) is 0 Å². The van der Waals surface area contributed by atoms with Gasteiger partial charge in [-0.1, -0.05) is 24.3 Å². The predicted molar refractivity (Wildman–Crippen MR) is 82.9 cm³/mol. The molecule has 7 heteroatoms. The second-order valence-electron chi connectivity index (χ2n) is 5.10. The number of aromatic hydroxyl groups is 2. The molecule has 0 unspecified atom stereocenters. The maximum absolute atomic E-state index is 12.2. The molecule has 2 amide bonds. The Morgan fingerprint density at radius 1 is 1.09 bits per heavy atom. The van der Waals surface area contributed by atoms with Gasteiger partial charge in [0.2, 0.25) is 0 Å². The summed E-state index contributed by atoms with van der Waals surface area (Å²) in [5.74, 6) is -1.13. The molecule has 118 valence electrons. The van der Waals surface area contributed by atoms with E-state index < -0.39 is 23.2 Å². The van der Waals surface area contributed by atoms with Crippen LogP contribution >= 0.6 is 11.6 Å². The number of hydrazine groups is 1. The number of amides is 2. The SMILES string of the molecule is O=C(NN1C(=O)[C@@H](Cl)[C@@H]1c1ccc(O)cc1)c1ccccc1O. The Kier molecular flexibility index (Phi) is 3.83. The topological polar surface area (TPSA) is 89.9 Å². The first kappa shape index (κ1) is 15.2. The van der Waals surface area contributed by atoms with Crippen LogP contribution in [0.2, 0.25) is 0 Å². The van der Waals surface area contributed by atoms with E-state index in [1.54, 1.807) is 24.3 Å². The molecule has 23 heavy (non-hydrogen) atoms. The third kappa shape index (κ3) is 2.68. The number of para-hydroxylation sites is 1. The van der Waals surface area contributed by atoms with Crippen LogP contribution in [0.3, 0.4) is 0 Å². The third-order valence-corrected chi connectivity index (χ3v) is 4.06. The molecule has 1 aliphatic rings. The van der Waals surface area contributed by atoms with E-state index in [-0.39, 0.29) is 17.1 Å². The maximum atomic E-state index is 12.2. The number of carbonyl (C=O) groups is 2. The number of carbonyl (C=O) groups excluding carboxylic acids is 2. The molecule has 2 aromatic rings. The second kappa shape index (κ2) is 5.81. The lowest BCUT2D eigenvalue weighted by molar-refractivity contribution is -0.149. The molecule has 1 aliphatic heterocycles. The molecule has 0 radical (unpaired) electrons. The van der Waals surface area contributed by atoms with E-state index in [1.807, 2.05) is 0 Å². The Morgan fingerprint density at radius 2 is 1.74 bits per heavy atom. The molecule has 0 spiro atoms. The number of β-lactam (4-membered cyclic amide) rings is 1. The van der Waals surface area contributed by atoms with Crippen LogP contribution < -0.4 is 5.43 Å². The van der Waals surface area contributed by atoms with E-state index in [0.717, 1.165) is 5.01 Å². The summed E-state index contributed by atoms with van der Waals surface area (Å²) in [6.07, 6.45) is 0. The smallest absolute Gasteiger partial charge is 0.273 e. The summed E-state index contributed by atoms with van der Waals surface area (Å²) in [6, 6.07) is 11.7. The van der Waals surface area contributed by atoms with Crippen LogP contribution in [0.25, 0.3) is 0 Å². The van der Waals surface area contributed by atoms with Crippen molar-refractivity contribution < 1.29 is 19.8 Å². The normalized spacial score (nSPS) is 20.0. The highest BCUT2D eigenvalue weighted by Gasteiger charge is 2.48. The first-order valence-electron chi connectivity index (χ1n) is 6.84. The minimum Gasteiger partial charge on any atom is -0.508 e. The first-order chi connectivity index (χ1) is 11.0. The van der Waals surface area contributed by atoms with Crippen molar-refractivity contribution in [2.45, 2.75) is 11.4 Å². The standard InChI is InChI=1S/C16H13ClN2O4/c17-13-14(9-5-7-10(20)8-6-9)19(16(13)23)18-15(22)11-3-1-2-4-12(11)21/h1-8,13-14,20-21H,(H,18,22)/t13-,14-/m0/s1. The van der Waals surface area contributed by atoms with Crippen molar-refractivity contribution in [1.82, 2.24) is 10.4 Å². The van der Waals surface area contributed by atoms with Crippen LogP contribution in [0, 0.1) is 0 Å². The Morgan fingerprint density at radius 3 is 2.39 bits per heavy atom. The Labute approximate surface area is 136 Å².